The molecular weight excluding hydrogens is 444 g/mol. The molecule has 0 unspecified atom stereocenters. The Bertz CT molecular complexity index is 843. The molecule has 2 aromatic rings. The van der Waals surface area contributed by atoms with Crippen molar-refractivity contribution in [3.63, 3.8) is 0 Å². The number of nitrogens with one attached hydrogen (secondary N) is 1. The van der Waals surface area contributed by atoms with E-state index in [1.807, 2.05) is 48.5 Å². The molecule has 0 aliphatic rings. The van der Waals surface area contributed by atoms with Crippen molar-refractivity contribution in [3.8, 4) is 5.75 Å². The number of unbranched alkanes of at least 4 members (excludes halogenated alkanes) is 1. The number of hydrogen-bond donors (Lipinski definition) is 1. The van der Waals surface area contributed by atoms with E-state index in [9.17, 15) is 9.59 Å². The van der Waals surface area contributed by atoms with Gasteiger partial charge in [-0.05, 0) is 67.5 Å². The van der Waals surface area contributed by atoms with Crippen molar-refractivity contribution in [2.75, 3.05) is 19.4 Å². The van der Waals surface area contributed by atoms with Gasteiger partial charge in [-0.3, -0.25) is 9.59 Å². The molecule has 1 atom stereocenters. The van der Waals surface area contributed by atoms with Crippen LogP contribution in [0.1, 0.15) is 45.1 Å². The van der Waals surface area contributed by atoms with Crippen LogP contribution in [-0.2, 0) is 16.1 Å². The van der Waals surface area contributed by atoms with Gasteiger partial charge in [0, 0.05) is 29.4 Å². The van der Waals surface area contributed by atoms with Crippen LogP contribution in [-0.4, -0.2) is 42.2 Å². The number of amides is 2. The minimum Gasteiger partial charge on any atom is -0.497 e. The highest BCUT2D eigenvalue weighted by Crippen LogP contribution is 2.22. The molecule has 0 aliphatic heterocycles. The Hall–Kier alpha value is -2.18. The van der Waals surface area contributed by atoms with Gasteiger partial charge in [0.25, 0.3) is 0 Å². The lowest BCUT2D eigenvalue weighted by atomic mass is 10.1. The van der Waals surface area contributed by atoms with Crippen LogP contribution in [0, 0.1) is 0 Å². The summed E-state index contributed by atoms with van der Waals surface area (Å²) in [5.74, 6) is 1.45. The van der Waals surface area contributed by atoms with Gasteiger partial charge in [-0.25, -0.2) is 0 Å². The maximum absolute atomic E-state index is 13.1. The first-order valence-electron chi connectivity index (χ1n) is 11.0. The highest BCUT2D eigenvalue weighted by molar-refractivity contribution is 7.99. The molecule has 32 heavy (non-hydrogen) atoms. The topological polar surface area (TPSA) is 58.6 Å². The molecule has 0 saturated carbocycles. The van der Waals surface area contributed by atoms with Crippen LogP contribution in [0.25, 0.3) is 0 Å². The van der Waals surface area contributed by atoms with Gasteiger partial charge in [-0.2, -0.15) is 0 Å². The molecule has 174 valence electrons. The van der Waals surface area contributed by atoms with Crippen molar-refractivity contribution in [2.45, 2.75) is 57.0 Å². The smallest absolute Gasteiger partial charge is 0.242 e. The standard InChI is InChI=1S/C25H33ClN2O3S/c1-4-5-16-27-25(30)19(2)28(18-20-8-12-22(31-3)13-9-20)24(29)7-6-17-32-23-14-10-21(26)11-15-23/h8-15,19H,4-7,16-18H2,1-3H3,(H,27,30)/t19-/m0/s1. The van der Waals surface area contributed by atoms with Gasteiger partial charge < -0.3 is 15.0 Å². The summed E-state index contributed by atoms with van der Waals surface area (Å²) in [6, 6.07) is 14.7. The molecule has 0 saturated heterocycles. The quantitative estimate of drug-likeness (QED) is 0.304. The van der Waals surface area contributed by atoms with E-state index in [1.165, 1.54) is 0 Å². The lowest BCUT2D eigenvalue weighted by Gasteiger charge is -2.29. The van der Waals surface area contributed by atoms with Crippen molar-refractivity contribution >= 4 is 35.2 Å². The number of nitrogens with zero attached hydrogens (tertiary/aromatic N) is 1. The van der Waals surface area contributed by atoms with Gasteiger partial charge in [0.1, 0.15) is 11.8 Å². The summed E-state index contributed by atoms with van der Waals surface area (Å²) in [5, 5.41) is 3.66. The van der Waals surface area contributed by atoms with Crippen molar-refractivity contribution in [1.29, 1.82) is 0 Å². The Morgan fingerprint density at radius 3 is 2.41 bits per heavy atom. The van der Waals surface area contributed by atoms with Crippen LogP contribution < -0.4 is 10.1 Å². The molecule has 0 spiro atoms. The first kappa shape index (κ1) is 26.1. The Labute approximate surface area is 200 Å². The number of thioether (sulfide) groups is 1. The molecule has 0 radical (unpaired) electrons. The van der Waals surface area contributed by atoms with Gasteiger partial charge in [0.2, 0.25) is 11.8 Å². The van der Waals surface area contributed by atoms with Crippen molar-refractivity contribution in [2.24, 2.45) is 0 Å². The van der Waals surface area contributed by atoms with Crippen LogP contribution in [0.4, 0.5) is 0 Å². The van der Waals surface area contributed by atoms with Gasteiger partial charge >= 0.3 is 0 Å². The third kappa shape index (κ3) is 8.75. The third-order valence-corrected chi connectivity index (χ3v) is 6.48. The van der Waals surface area contributed by atoms with Gasteiger partial charge in [0.15, 0.2) is 0 Å². The molecule has 2 amide bonds. The summed E-state index contributed by atoms with van der Waals surface area (Å²) >= 11 is 7.63. The van der Waals surface area contributed by atoms with E-state index < -0.39 is 6.04 Å². The van der Waals surface area contributed by atoms with E-state index >= 15 is 0 Å². The maximum atomic E-state index is 13.1. The zero-order valence-electron chi connectivity index (χ0n) is 19.1. The summed E-state index contributed by atoms with van der Waals surface area (Å²) < 4.78 is 5.22. The second-order valence-corrected chi connectivity index (χ2v) is 9.20. The van der Waals surface area contributed by atoms with E-state index in [0.717, 1.165) is 41.2 Å². The first-order valence-corrected chi connectivity index (χ1v) is 12.4. The lowest BCUT2D eigenvalue weighted by molar-refractivity contribution is -0.140. The van der Waals surface area contributed by atoms with Crippen LogP contribution in [0.2, 0.25) is 5.02 Å². The number of halogens is 1. The fourth-order valence-corrected chi connectivity index (χ4v) is 4.11. The lowest BCUT2D eigenvalue weighted by Crippen LogP contribution is -2.47. The van der Waals surface area contributed by atoms with E-state index in [4.69, 9.17) is 16.3 Å². The molecule has 0 aromatic heterocycles. The number of hydrogen-bond acceptors (Lipinski definition) is 4. The number of rotatable bonds is 13. The average molecular weight is 477 g/mol. The second-order valence-electron chi connectivity index (χ2n) is 7.60. The molecule has 2 aromatic carbocycles. The zero-order chi connectivity index (χ0) is 23.3. The fraction of sp³-hybridized carbons (Fsp3) is 0.440. The molecule has 5 nitrogen and oxygen atoms in total. The second kappa shape index (κ2) is 14.1. The molecule has 7 heteroatoms. The summed E-state index contributed by atoms with van der Waals surface area (Å²) in [6.07, 6.45) is 3.06. The van der Waals surface area contributed by atoms with Crippen molar-refractivity contribution < 1.29 is 14.3 Å². The molecular formula is C25H33ClN2O3S. The summed E-state index contributed by atoms with van der Waals surface area (Å²) in [4.78, 5) is 28.6. The van der Waals surface area contributed by atoms with Crippen LogP contribution in [0.5, 0.6) is 5.75 Å². The summed E-state index contributed by atoms with van der Waals surface area (Å²) in [6.45, 7) is 4.89. The maximum Gasteiger partial charge on any atom is 0.242 e. The molecule has 2 rings (SSSR count). The van der Waals surface area contributed by atoms with Gasteiger partial charge in [0.05, 0.1) is 7.11 Å². The number of carbonyl (C=O) groups is 2. The monoisotopic (exact) mass is 476 g/mol. The highest BCUT2D eigenvalue weighted by atomic mass is 35.5. The van der Waals surface area contributed by atoms with Gasteiger partial charge in [-0.15, -0.1) is 11.8 Å². The molecule has 1 N–H and O–H groups in total. The van der Waals surface area contributed by atoms with Crippen LogP contribution >= 0.6 is 23.4 Å². The summed E-state index contributed by atoms with van der Waals surface area (Å²) in [5.41, 5.74) is 0.961. The van der Waals surface area contributed by atoms with Crippen LogP contribution in [0.3, 0.4) is 0 Å². The van der Waals surface area contributed by atoms with Crippen molar-refractivity contribution in [3.05, 3.63) is 59.1 Å². The Morgan fingerprint density at radius 2 is 1.78 bits per heavy atom. The third-order valence-electron chi connectivity index (χ3n) is 5.13. The number of carbonyl (C=O) groups excluding carboxylic acids is 2. The van der Waals surface area contributed by atoms with Gasteiger partial charge in [-0.1, -0.05) is 37.1 Å². The Kier molecular flexibility index (Phi) is 11.5. The largest absolute Gasteiger partial charge is 0.497 e. The summed E-state index contributed by atoms with van der Waals surface area (Å²) in [7, 11) is 1.62. The minimum atomic E-state index is -0.537. The molecule has 0 heterocycles. The van der Waals surface area contributed by atoms with E-state index in [-0.39, 0.29) is 11.8 Å². The van der Waals surface area contributed by atoms with E-state index in [2.05, 4.69) is 12.2 Å². The SMILES string of the molecule is CCCCNC(=O)[C@H](C)N(Cc1ccc(OC)cc1)C(=O)CCCSc1ccc(Cl)cc1. The van der Waals surface area contributed by atoms with E-state index in [1.54, 1.807) is 30.7 Å². The number of methoxy groups -OCH3 is 1. The molecule has 0 fully saturated rings. The zero-order valence-corrected chi connectivity index (χ0v) is 20.7. The fourth-order valence-electron chi connectivity index (χ4n) is 3.13. The van der Waals surface area contributed by atoms with Crippen LogP contribution in [0.15, 0.2) is 53.4 Å². The first-order chi connectivity index (χ1) is 15.4. The highest BCUT2D eigenvalue weighted by Gasteiger charge is 2.25. The molecule has 0 bridgehead atoms. The van der Waals surface area contributed by atoms with Crippen molar-refractivity contribution in [1.82, 2.24) is 10.2 Å². The Balaban J connectivity index is 1.98. The average Bonchev–Trinajstić information content (AvgIpc) is 2.81. The molecule has 0 aliphatic carbocycles. The predicted molar refractivity (Wildman–Crippen MR) is 132 cm³/mol. The predicted octanol–water partition coefficient (Wildman–Crippen LogP) is 5.55. The number of benzene rings is 2. The minimum absolute atomic E-state index is 0.0179. The normalized spacial score (nSPS) is 11.6. The number of ether oxygens (including phenoxy) is 1. The Morgan fingerprint density at radius 1 is 1.09 bits per heavy atom. The van der Waals surface area contributed by atoms with E-state index in [0.29, 0.717) is 24.5 Å².